The zero-order valence-electron chi connectivity index (χ0n) is 4.18. The van der Waals surface area contributed by atoms with E-state index in [9.17, 15) is 0 Å². The number of rotatable bonds is 0. The minimum absolute atomic E-state index is 0.127. The van der Waals surface area contributed by atoms with Crippen LogP contribution in [0.2, 0.25) is 0 Å². The van der Waals surface area contributed by atoms with Crippen molar-refractivity contribution in [2.75, 3.05) is 0 Å². The number of hydrogen-bond donors (Lipinski definition) is 1. The molecular weight excluding hydrogens is 190 g/mol. The van der Waals surface area contributed by atoms with Crippen LogP contribution in [0.5, 0.6) is 5.88 Å². The molecule has 4 heteroatoms. The van der Waals surface area contributed by atoms with Crippen LogP contribution in [0.4, 0.5) is 0 Å². The molecule has 44 valence electrons. The van der Waals surface area contributed by atoms with E-state index < -0.39 is 0 Å². The Bertz CT molecular complexity index is 178. The van der Waals surface area contributed by atoms with Crippen LogP contribution in [0.1, 0.15) is 4.88 Å². The monoisotopic (exact) mass is 193 g/mol. The zero-order chi connectivity index (χ0) is 6.15. The molecule has 0 bridgehead atoms. The molecule has 0 atom stereocenters. The van der Waals surface area contributed by atoms with Gasteiger partial charge in [-0.3, -0.25) is 0 Å². The largest absolute Gasteiger partial charge is 0.492 e. The topological polar surface area (TPSA) is 33.1 Å². The van der Waals surface area contributed by atoms with Gasteiger partial charge in [0.1, 0.15) is 0 Å². The van der Waals surface area contributed by atoms with Crippen LogP contribution in [0.15, 0.2) is 3.92 Å². The number of aryl methyl sites for hydroxylation is 1. The molecule has 1 aromatic heterocycles. The van der Waals surface area contributed by atoms with Gasteiger partial charge in [0.05, 0.1) is 4.88 Å². The average Bonchev–Trinajstić information content (AvgIpc) is 1.85. The fourth-order valence-electron chi connectivity index (χ4n) is 0.357. The lowest BCUT2D eigenvalue weighted by Crippen LogP contribution is -1.61. The smallest absolute Gasteiger partial charge is 0.226 e. The van der Waals surface area contributed by atoms with Crippen molar-refractivity contribution in [1.82, 2.24) is 4.98 Å². The van der Waals surface area contributed by atoms with Crippen LogP contribution < -0.4 is 0 Å². The highest BCUT2D eigenvalue weighted by molar-refractivity contribution is 9.11. The van der Waals surface area contributed by atoms with E-state index in [0.717, 1.165) is 8.79 Å². The summed E-state index contributed by atoms with van der Waals surface area (Å²) in [7, 11) is 0. The van der Waals surface area contributed by atoms with Gasteiger partial charge in [-0.1, -0.05) is 0 Å². The standard InChI is InChI=1S/C4H4BrNOS/c1-2-3(7)6-4(5)8-2/h7H,1H3. The highest BCUT2D eigenvalue weighted by Gasteiger charge is 2.00. The van der Waals surface area contributed by atoms with Gasteiger partial charge >= 0.3 is 0 Å². The molecule has 1 aromatic rings. The first-order valence-electron chi connectivity index (χ1n) is 2.02. The fourth-order valence-corrected chi connectivity index (χ4v) is 1.77. The summed E-state index contributed by atoms with van der Waals surface area (Å²) in [5.41, 5.74) is 0. The molecule has 0 aliphatic carbocycles. The zero-order valence-corrected chi connectivity index (χ0v) is 6.58. The molecule has 0 radical (unpaired) electrons. The Balaban J connectivity index is 3.14. The van der Waals surface area contributed by atoms with Crippen molar-refractivity contribution in [3.05, 3.63) is 8.79 Å². The first kappa shape index (κ1) is 6.04. The molecule has 0 aliphatic heterocycles. The quantitative estimate of drug-likeness (QED) is 0.684. The van der Waals surface area contributed by atoms with E-state index in [1.807, 2.05) is 6.92 Å². The predicted molar refractivity (Wildman–Crippen MR) is 36.2 cm³/mol. The van der Waals surface area contributed by atoms with Crippen molar-refractivity contribution in [2.24, 2.45) is 0 Å². The van der Waals surface area contributed by atoms with Gasteiger partial charge in [0.15, 0.2) is 3.92 Å². The van der Waals surface area contributed by atoms with Gasteiger partial charge in [-0.15, -0.1) is 11.3 Å². The van der Waals surface area contributed by atoms with E-state index in [4.69, 9.17) is 5.11 Å². The van der Waals surface area contributed by atoms with E-state index in [1.165, 1.54) is 11.3 Å². The van der Waals surface area contributed by atoms with Crippen molar-refractivity contribution >= 4 is 27.3 Å². The predicted octanol–water partition coefficient (Wildman–Crippen LogP) is 1.92. The first-order chi connectivity index (χ1) is 3.70. The molecule has 0 aliphatic rings. The highest BCUT2D eigenvalue weighted by Crippen LogP contribution is 2.25. The number of hydrogen-bond acceptors (Lipinski definition) is 3. The molecule has 0 amide bonds. The van der Waals surface area contributed by atoms with Crippen molar-refractivity contribution in [3.8, 4) is 5.88 Å². The van der Waals surface area contributed by atoms with Crippen LogP contribution in [-0.4, -0.2) is 10.1 Å². The normalized spacial score (nSPS) is 9.75. The maximum Gasteiger partial charge on any atom is 0.226 e. The van der Waals surface area contributed by atoms with Gasteiger partial charge < -0.3 is 5.11 Å². The second-order valence-electron chi connectivity index (χ2n) is 1.35. The number of thiazole rings is 1. The number of nitrogens with zero attached hydrogens (tertiary/aromatic N) is 1. The van der Waals surface area contributed by atoms with Crippen molar-refractivity contribution in [1.29, 1.82) is 0 Å². The second-order valence-corrected chi connectivity index (χ2v) is 3.83. The van der Waals surface area contributed by atoms with Crippen molar-refractivity contribution in [2.45, 2.75) is 6.92 Å². The Morgan fingerprint density at radius 2 is 2.38 bits per heavy atom. The molecule has 0 aromatic carbocycles. The first-order valence-corrected chi connectivity index (χ1v) is 3.63. The van der Waals surface area contributed by atoms with Gasteiger partial charge in [-0.05, 0) is 22.9 Å². The molecule has 1 N–H and O–H groups in total. The molecule has 0 spiro atoms. The Labute approximate surface area is 59.3 Å². The summed E-state index contributed by atoms with van der Waals surface area (Å²) in [6, 6.07) is 0. The molecule has 8 heavy (non-hydrogen) atoms. The van der Waals surface area contributed by atoms with Gasteiger partial charge in [-0.2, -0.15) is 4.98 Å². The lowest BCUT2D eigenvalue weighted by molar-refractivity contribution is 0.453. The van der Waals surface area contributed by atoms with Crippen LogP contribution >= 0.6 is 27.3 Å². The molecule has 0 saturated carbocycles. The van der Waals surface area contributed by atoms with E-state index in [1.54, 1.807) is 0 Å². The van der Waals surface area contributed by atoms with E-state index >= 15 is 0 Å². The number of aromatic hydroxyl groups is 1. The van der Waals surface area contributed by atoms with Crippen LogP contribution in [-0.2, 0) is 0 Å². The highest BCUT2D eigenvalue weighted by atomic mass is 79.9. The fraction of sp³-hybridized carbons (Fsp3) is 0.250. The van der Waals surface area contributed by atoms with Crippen LogP contribution in [0, 0.1) is 6.92 Å². The SMILES string of the molecule is Cc1sc(Br)nc1O. The average molecular weight is 194 g/mol. The number of aromatic nitrogens is 1. The minimum Gasteiger partial charge on any atom is -0.492 e. The maximum atomic E-state index is 8.81. The summed E-state index contributed by atoms with van der Waals surface area (Å²) in [6.07, 6.45) is 0. The third-order valence-electron chi connectivity index (χ3n) is 0.746. The van der Waals surface area contributed by atoms with E-state index in [2.05, 4.69) is 20.9 Å². The second kappa shape index (κ2) is 2.03. The summed E-state index contributed by atoms with van der Waals surface area (Å²) in [6.45, 7) is 1.82. The lowest BCUT2D eigenvalue weighted by Gasteiger charge is -1.77. The van der Waals surface area contributed by atoms with Crippen LogP contribution in [0.3, 0.4) is 0 Å². The van der Waals surface area contributed by atoms with Gasteiger partial charge in [-0.25, -0.2) is 0 Å². The summed E-state index contributed by atoms with van der Waals surface area (Å²) in [5.74, 6) is 0.127. The van der Waals surface area contributed by atoms with Gasteiger partial charge in [0.25, 0.3) is 0 Å². The summed E-state index contributed by atoms with van der Waals surface area (Å²) in [4.78, 5) is 4.55. The third kappa shape index (κ3) is 1.00. The summed E-state index contributed by atoms with van der Waals surface area (Å²) in [5, 5.41) is 8.81. The minimum atomic E-state index is 0.127. The summed E-state index contributed by atoms with van der Waals surface area (Å²) >= 11 is 4.56. The van der Waals surface area contributed by atoms with E-state index in [0.29, 0.717) is 0 Å². The van der Waals surface area contributed by atoms with Crippen molar-refractivity contribution < 1.29 is 5.11 Å². The molecular formula is C4H4BrNOS. The molecule has 0 fully saturated rings. The van der Waals surface area contributed by atoms with Crippen molar-refractivity contribution in [3.63, 3.8) is 0 Å². The Morgan fingerprint density at radius 3 is 2.50 bits per heavy atom. The van der Waals surface area contributed by atoms with E-state index in [-0.39, 0.29) is 5.88 Å². The number of halogens is 1. The molecule has 1 rings (SSSR count). The Morgan fingerprint density at radius 1 is 1.75 bits per heavy atom. The molecule has 1 heterocycles. The molecule has 0 unspecified atom stereocenters. The lowest BCUT2D eigenvalue weighted by atomic mass is 10.6. The van der Waals surface area contributed by atoms with Gasteiger partial charge in [0.2, 0.25) is 5.88 Å². The Kier molecular flexibility index (Phi) is 1.53. The molecule has 2 nitrogen and oxygen atoms in total. The summed E-state index contributed by atoms with van der Waals surface area (Å²) < 4.78 is 0.729. The van der Waals surface area contributed by atoms with Crippen LogP contribution in [0.25, 0.3) is 0 Å². The maximum absolute atomic E-state index is 8.81. The van der Waals surface area contributed by atoms with Gasteiger partial charge in [0, 0.05) is 0 Å². The molecule has 0 saturated heterocycles. The Hall–Kier alpha value is -0.0900. The third-order valence-corrected chi connectivity index (χ3v) is 2.16.